The fourth-order valence-electron chi connectivity index (χ4n) is 1.40. The highest BCUT2D eigenvalue weighted by Crippen LogP contribution is 2.23. The standard InChI is InChI=1S/C11H13BrN2O5S/c12-8-6-7(11(16)17)3-4-9(8)20(18,19)14-5-1-2-10(13)15/h3-4,6,14H,1-2,5H2,(H2,13,15)(H,16,17). The number of carboxylic acid groups (broad SMARTS) is 1. The van der Waals surface area contributed by atoms with Crippen molar-refractivity contribution in [2.24, 2.45) is 5.73 Å². The van der Waals surface area contributed by atoms with E-state index in [1.807, 2.05) is 0 Å². The second kappa shape index (κ2) is 6.82. The number of primary amides is 1. The van der Waals surface area contributed by atoms with Gasteiger partial charge in [-0.25, -0.2) is 17.9 Å². The van der Waals surface area contributed by atoms with Crippen LogP contribution in [0.5, 0.6) is 0 Å². The van der Waals surface area contributed by atoms with Gasteiger partial charge in [-0.3, -0.25) is 4.79 Å². The molecule has 0 aliphatic heterocycles. The molecule has 0 spiro atoms. The Labute approximate surface area is 124 Å². The summed E-state index contributed by atoms with van der Waals surface area (Å²) in [6, 6.07) is 3.61. The zero-order chi connectivity index (χ0) is 15.3. The van der Waals surface area contributed by atoms with Gasteiger partial charge in [0.1, 0.15) is 0 Å². The first-order valence-electron chi connectivity index (χ1n) is 5.55. The lowest BCUT2D eigenvalue weighted by Crippen LogP contribution is -2.26. The van der Waals surface area contributed by atoms with E-state index >= 15 is 0 Å². The molecule has 0 saturated heterocycles. The Balaban J connectivity index is 2.82. The number of carbonyl (C=O) groups excluding carboxylic acids is 1. The van der Waals surface area contributed by atoms with E-state index < -0.39 is 21.9 Å². The molecule has 1 amide bonds. The Morgan fingerprint density at radius 2 is 2.00 bits per heavy atom. The molecule has 4 N–H and O–H groups in total. The molecule has 0 radical (unpaired) electrons. The smallest absolute Gasteiger partial charge is 0.335 e. The van der Waals surface area contributed by atoms with Crippen molar-refractivity contribution in [2.75, 3.05) is 6.54 Å². The van der Waals surface area contributed by atoms with Crippen molar-refractivity contribution in [3.8, 4) is 0 Å². The van der Waals surface area contributed by atoms with E-state index in [4.69, 9.17) is 10.8 Å². The molecule has 110 valence electrons. The monoisotopic (exact) mass is 364 g/mol. The second-order valence-corrected chi connectivity index (χ2v) is 6.51. The van der Waals surface area contributed by atoms with Crippen molar-refractivity contribution in [2.45, 2.75) is 17.7 Å². The van der Waals surface area contributed by atoms with E-state index in [1.165, 1.54) is 18.2 Å². The van der Waals surface area contributed by atoms with Gasteiger partial charge in [0.05, 0.1) is 10.5 Å². The van der Waals surface area contributed by atoms with E-state index in [0.717, 1.165) is 0 Å². The zero-order valence-corrected chi connectivity index (χ0v) is 12.7. The minimum absolute atomic E-state index is 0.0236. The number of nitrogens with two attached hydrogens (primary N) is 1. The molecule has 0 saturated carbocycles. The van der Waals surface area contributed by atoms with E-state index in [9.17, 15) is 18.0 Å². The van der Waals surface area contributed by atoms with Crippen molar-refractivity contribution < 1.29 is 23.1 Å². The number of carboxylic acids is 1. The van der Waals surface area contributed by atoms with Crippen molar-refractivity contribution in [3.63, 3.8) is 0 Å². The quantitative estimate of drug-likeness (QED) is 0.613. The molecule has 0 aromatic heterocycles. The number of hydrogen-bond acceptors (Lipinski definition) is 4. The summed E-state index contributed by atoms with van der Waals surface area (Å²) in [5.74, 6) is -1.65. The summed E-state index contributed by atoms with van der Waals surface area (Å²) in [4.78, 5) is 21.2. The summed E-state index contributed by atoms with van der Waals surface area (Å²) in [6.45, 7) is 0.0679. The Kier molecular flexibility index (Phi) is 5.66. The molecule has 1 aromatic rings. The average molecular weight is 365 g/mol. The Bertz CT molecular complexity index is 630. The number of benzene rings is 1. The van der Waals surface area contributed by atoms with Crippen molar-refractivity contribution in [1.82, 2.24) is 4.72 Å². The number of nitrogens with one attached hydrogen (secondary N) is 1. The van der Waals surface area contributed by atoms with Gasteiger partial charge >= 0.3 is 5.97 Å². The minimum Gasteiger partial charge on any atom is -0.478 e. The lowest BCUT2D eigenvalue weighted by Gasteiger charge is -2.08. The van der Waals surface area contributed by atoms with Gasteiger partial charge in [-0.05, 0) is 40.5 Å². The zero-order valence-electron chi connectivity index (χ0n) is 10.3. The number of amides is 1. The average Bonchev–Trinajstić information content (AvgIpc) is 2.34. The van der Waals surface area contributed by atoms with Crippen molar-refractivity contribution in [1.29, 1.82) is 0 Å². The van der Waals surface area contributed by atoms with Crippen LogP contribution in [0.3, 0.4) is 0 Å². The molecule has 20 heavy (non-hydrogen) atoms. The fraction of sp³-hybridized carbons (Fsp3) is 0.273. The summed E-state index contributed by atoms with van der Waals surface area (Å²) in [7, 11) is -3.77. The molecule has 9 heteroatoms. The first kappa shape index (κ1) is 16.6. The van der Waals surface area contributed by atoms with Crippen LogP contribution in [-0.4, -0.2) is 31.9 Å². The molecule has 0 aliphatic rings. The third kappa shape index (κ3) is 4.58. The van der Waals surface area contributed by atoms with Gasteiger partial charge in [-0.1, -0.05) is 0 Å². The van der Waals surface area contributed by atoms with Gasteiger partial charge in [-0.2, -0.15) is 0 Å². The predicted octanol–water partition coefficient (Wildman–Crippen LogP) is 0.691. The van der Waals surface area contributed by atoms with E-state index in [1.54, 1.807) is 0 Å². The van der Waals surface area contributed by atoms with E-state index in [2.05, 4.69) is 20.7 Å². The Morgan fingerprint density at radius 3 is 2.50 bits per heavy atom. The van der Waals surface area contributed by atoms with Crippen LogP contribution >= 0.6 is 15.9 Å². The maximum Gasteiger partial charge on any atom is 0.335 e. The maximum absolute atomic E-state index is 12.0. The van der Waals surface area contributed by atoms with Gasteiger partial charge in [0.25, 0.3) is 0 Å². The van der Waals surface area contributed by atoms with E-state index in [0.29, 0.717) is 6.42 Å². The molecule has 0 bridgehead atoms. The first-order chi connectivity index (χ1) is 9.24. The van der Waals surface area contributed by atoms with Crippen LogP contribution in [0.1, 0.15) is 23.2 Å². The molecule has 0 aliphatic carbocycles. The second-order valence-electron chi connectivity index (χ2n) is 3.92. The van der Waals surface area contributed by atoms with E-state index in [-0.39, 0.29) is 27.9 Å². The molecule has 1 aromatic carbocycles. The summed E-state index contributed by atoms with van der Waals surface area (Å²) in [5.41, 5.74) is 4.92. The molecule has 0 fully saturated rings. The Morgan fingerprint density at radius 1 is 1.35 bits per heavy atom. The van der Waals surface area contributed by atoms with Crippen LogP contribution in [0.25, 0.3) is 0 Å². The largest absolute Gasteiger partial charge is 0.478 e. The SMILES string of the molecule is NC(=O)CCCNS(=O)(=O)c1ccc(C(=O)O)cc1Br. The highest BCUT2D eigenvalue weighted by atomic mass is 79.9. The van der Waals surface area contributed by atoms with Gasteiger partial charge in [0, 0.05) is 17.4 Å². The molecule has 1 rings (SSSR count). The topological polar surface area (TPSA) is 127 Å². The minimum atomic E-state index is -3.77. The van der Waals surface area contributed by atoms with Crippen LogP contribution in [0.2, 0.25) is 0 Å². The van der Waals surface area contributed by atoms with Crippen molar-refractivity contribution in [3.05, 3.63) is 28.2 Å². The molecular formula is C11H13BrN2O5S. The maximum atomic E-state index is 12.0. The van der Waals surface area contributed by atoms with Crippen LogP contribution in [-0.2, 0) is 14.8 Å². The van der Waals surface area contributed by atoms with Gasteiger partial charge in [-0.15, -0.1) is 0 Å². The number of halogens is 1. The molecule has 0 atom stereocenters. The summed E-state index contributed by atoms with van der Waals surface area (Å²) < 4.78 is 26.4. The lowest BCUT2D eigenvalue weighted by molar-refractivity contribution is -0.118. The lowest BCUT2D eigenvalue weighted by atomic mass is 10.2. The summed E-state index contributed by atoms with van der Waals surface area (Å²) >= 11 is 3.03. The van der Waals surface area contributed by atoms with Crippen LogP contribution < -0.4 is 10.5 Å². The third-order valence-electron chi connectivity index (χ3n) is 2.36. The van der Waals surface area contributed by atoms with Gasteiger partial charge < -0.3 is 10.8 Å². The van der Waals surface area contributed by atoms with Gasteiger partial charge in [0.15, 0.2) is 0 Å². The number of carbonyl (C=O) groups is 2. The van der Waals surface area contributed by atoms with Crippen LogP contribution in [0, 0.1) is 0 Å². The number of sulfonamides is 1. The number of hydrogen-bond donors (Lipinski definition) is 3. The normalized spacial score (nSPS) is 11.2. The van der Waals surface area contributed by atoms with Crippen LogP contribution in [0.4, 0.5) is 0 Å². The van der Waals surface area contributed by atoms with Crippen LogP contribution in [0.15, 0.2) is 27.6 Å². The fourth-order valence-corrected chi connectivity index (χ4v) is 3.55. The number of aromatic carboxylic acids is 1. The molecule has 0 unspecified atom stereocenters. The summed E-state index contributed by atoms with van der Waals surface area (Å²) in [6.07, 6.45) is 0.376. The highest BCUT2D eigenvalue weighted by molar-refractivity contribution is 9.10. The van der Waals surface area contributed by atoms with Crippen molar-refractivity contribution >= 4 is 37.8 Å². The highest BCUT2D eigenvalue weighted by Gasteiger charge is 2.18. The number of rotatable bonds is 7. The Hall–Kier alpha value is -1.45. The first-order valence-corrected chi connectivity index (χ1v) is 7.82. The molecule has 0 heterocycles. The van der Waals surface area contributed by atoms with Gasteiger partial charge in [0.2, 0.25) is 15.9 Å². The predicted molar refractivity (Wildman–Crippen MR) is 74.7 cm³/mol. The third-order valence-corrected chi connectivity index (χ3v) is 4.80. The molecule has 7 nitrogen and oxygen atoms in total. The molecular weight excluding hydrogens is 352 g/mol. The summed E-state index contributed by atoms with van der Waals surface area (Å²) in [5, 5.41) is 8.80.